The van der Waals surface area contributed by atoms with Crippen LogP contribution in [0.4, 0.5) is 13.2 Å². The molecule has 5 nitrogen and oxygen atoms in total. The number of hydrogen-bond donors (Lipinski definition) is 0. The van der Waals surface area contributed by atoms with Gasteiger partial charge in [-0.05, 0) is 49.7 Å². The Balaban J connectivity index is 1.82. The number of ketones is 1. The molecule has 0 aliphatic heterocycles. The topological polar surface area (TPSA) is 61.2 Å². The van der Waals surface area contributed by atoms with Crippen molar-refractivity contribution in [1.29, 1.82) is 0 Å². The zero-order valence-electron chi connectivity index (χ0n) is 17.0. The predicted molar refractivity (Wildman–Crippen MR) is 110 cm³/mol. The van der Waals surface area contributed by atoms with Crippen molar-refractivity contribution in [1.82, 2.24) is 9.78 Å². The van der Waals surface area contributed by atoms with Gasteiger partial charge < -0.3 is 4.74 Å². The van der Waals surface area contributed by atoms with Gasteiger partial charge in [-0.25, -0.2) is 4.68 Å². The van der Waals surface area contributed by atoms with Crippen LogP contribution >= 0.6 is 0 Å². The molecule has 0 radical (unpaired) electrons. The quantitative estimate of drug-likeness (QED) is 0.545. The average molecular weight is 430 g/mol. The molecule has 0 saturated heterocycles. The van der Waals surface area contributed by atoms with Gasteiger partial charge in [-0.15, -0.1) is 0 Å². The molecule has 0 spiro atoms. The first-order chi connectivity index (χ1) is 14.7. The molecule has 162 valence electrons. The van der Waals surface area contributed by atoms with E-state index in [4.69, 9.17) is 4.74 Å². The monoisotopic (exact) mass is 430 g/mol. The Morgan fingerprint density at radius 3 is 2.45 bits per heavy atom. The van der Waals surface area contributed by atoms with E-state index in [2.05, 4.69) is 5.10 Å². The average Bonchev–Trinajstić information content (AvgIpc) is 2.74. The van der Waals surface area contributed by atoms with Gasteiger partial charge in [0.15, 0.2) is 5.78 Å². The van der Waals surface area contributed by atoms with Crippen molar-refractivity contribution in [3.63, 3.8) is 0 Å². The van der Waals surface area contributed by atoms with Crippen LogP contribution in [0.25, 0.3) is 11.3 Å². The Hall–Kier alpha value is -3.42. The number of Topliss-reactive ketones (excluding diaryl/α,β-unsaturated/α-hetero) is 1. The summed E-state index contributed by atoms with van der Waals surface area (Å²) >= 11 is 0. The minimum Gasteiger partial charge on any atom is -0.494 e. The summed E-state index contributed by atoms with van der Waals surface area (Å²) in [7, 11) is 0. The standard InChI is InChI=1S/C23H21F3N2O3/c1-3-31-19-6-4-5-17(14-19)20-11-12-22(30)28(27-20)15(2)21(29)13-16-7-9-18(10-8-16)23(24,25)26/h4-12,14-15H,3,13H2,1-2H3. The van der Waals surface area contributed by atoms with Gasteiger partial charge in [-0.1, -0.05) is 24.3 Å². The summed E-state index contributed by atoms with van der Waals surface area (Å²) in [6.45, 7) is 3.92. The highest BCUT2D eigenvalue weighted by molar-refractivity contribution is 5.84. The lowest BCUT2D eigenvalue weighted by molar-refractivity contribution is -0.137. The van der Waals surface area contributed by atoms with Crippen molar-refractivity contribution in [2.75, 3.05) is 6.61 Å². The number of carbonyl (C=O) groups excluding carboxylic acids is 1. The normalized spacial score (nSPS) is 12.4. The molecule has 2 aromatic carbocycles. The van der Waals surface area contributed by atoms with E-state index in [1.54, 1.807) is 31.2 Å². The second kappa shape index (κ2) is 9.16. The van der Waals surface area contributed by atoms with Gasteiger partial charge in [0.1, 0.15) is 11.8 Å². The number of rotatable bonds is 7. The van der Waals surface area contributed by atoms with E-state index in [9.17, 15) is 22.8 Å². The predicted octanol–water partition coefficient (Wildman–Crippen LogP) is 4.70. The molecule has 0 bridgehead atoms. The lowest BCUT2D eigenvalue weighted by Gasteiger charge is -2.15. The number of nitrogens with zero attached hydrogens (tertiary/aromatic N) is 2. The fourth-order valence-electron chi connectivity index (χ4n) is 3.07. The van der Waals surface area contributed by atoms with Crippen LogP contribution < -0.4 is 10.3 Å². The minimum atomic E-state index is -4.44. The van der Waals surface area contributed by atoms with Gasteiger partial charge in [-0.2, -0.15) is 18.3 Å². The maximum absolute atomic E-state index is 12.7. The van der Waals surface area contributed by atoms with E-state index >= 15 is 0 Å². The Morgan fingerprint density at radius 2 is 1.81 bits per heavy atom. The summed E-state index contributed by atoms with van der Waals surface area (Å²) in [5.41, 5.74) is 0.422. The summed E-state index contributed by atoms with van der Waals surface area (Å²) in [6, 6.07) is 13.6. The third-order valence-corrected chi connectivity index (χ3v) is 4.76. The number of alkyl halides is 3. The highest BCUT2D eigenvalue weighted by Gasteiger charge is 2.30. The smallest absolute Gasteiger partial charge is 0.416 e. The summed E-state index contributed by atoms with van der Waals surface area (Å²) in [5.74, 6) is 0.320. The van der Waals surface area contributed by atoms with Crippen molar-refractivity contribution < 1.29 is 22.7 Å². The van der Waals surface area contributed by atoms with Gasteiger partial charge >= 0.3 is 6.18 Å². The van der Waals surface area contributed by atoms with Gasteiger partial charge in [0.05, 0.1) is 17.9 Å². The molecular weight excluding hydrogens is 409 g/mol. The van der Waals surface area contributed by atoms with Crippen LogP contribution in [-0.2, 0) is 17.4 Å². The van der Waals surface area contributed by atoms with Gasteiger partial charge in [-0.3, -0.25) is 9.59 Å². The maximum Gasteiger partial charge on any atom is 0.416 e. The molecule has 8 heteroatoms. The lowest BCUT2D eigenvalue weighted by Crippen LogP contribution is -2.30. The van der Waals surface area contributed by atoms with Gasteiger partial charge in [0.2, 0.25) is 0 Å². The largest absolute Gasteiger partial charge is 0.494 e. The molecule has 31 heavy (non-hydrogen) atoms. The van der Waals surface area contributed by atoms with Crippen LogP contribution in [-0.4, -0.2) is 22.2 Å². The SMILES string of the molecule is CCOc1cccc(-c2ccc(=O)n(C(C)C(=O)Cc3ccc(C(F)(F)F)cc3)n2)c1. The lowest BCUT2D eigenvalue weighted by atomic mass is 10.0. The molecule has 0 fully saturated rings. The maximum atomic E-state index is 12.7. The highest BCUT2D eigenvalue weighted by atomic mass is 19.4. The van der Waals surface area contributed by atoms with Crippen LogP contribution in [0.1, 0.15) is 31.0 Å². The van der Waals surface area contributed by atoms with Crippen LogP contribution in [0.3, 0.4) is 0 Å². The molecule has 0 aliphatic carbocycles. The Labute approximate surface area is 177 Å². The molecule has 0 saturated carbocycles. The number of carbonyl (C=O) groups is 1. The first kappa shape index (κ1) is 22.3. The Bertz CT molecular complexity index is 1120. The summed E-state index contributed by atoms with van der Waals surface area (Å²) in [5, 5.41) is 4.33. The molecule has 3 aromatic rings. The first-order valence-corrected chi connectivity index (χ1v) is 9.71. The van der Waals surface area contributed by atoms with Crippen molar-refractivity contribution in [3.8, 4) is 17.0 Å². The summed E-state index contributed by atoms with van der Waals surface area (Å²) < 4.78 is 44.7. The molecule has 0 N–H and O–H groups in total. The zero-order chi connectivity index (χ0) is 22.6. The molecule has 1 heterocycles. The third-order valence-electron chi connectivity index (χ3n) is 4.76. The van der Waals surface area contributed by atoms with Gasteiger partial charge in [0, 0.05) is 18.1 Å². The van der Waals surface area contributed by atoms with Crippen molar-refractivity contribution in [2.45, 2.75) is 32.5 Å². The van der Waals surface area contributed by atoms with Crippen LogP contribution in [0.15, 0.2) is 65.5 Å². The molecule has 1 atom stereocenters. The second-order valence-electron chi connectivity index (χ2n) is 6.98. The fourth-order valence-corrected chi connectivity index (χ4v) is 3.07. The molecular formula is C23H21F3N2O3. The van der Waals surface area contributed by atoms with Crippen LogP contribution in [0.2, 0.25) is 0 Å². The van der Waals surface area contributed by atoms with Crippen molar-refractivity contribution >= 4 is 5.78 Å². The number of hydrogen-bond acceptors (Lipinski definition) is 4. The molecule has 1 unspecified atom stereocenters. The van der Waals surface area contributed by atoms with E-state index in [0.29, 0.717) is 23.6 Å². The van der Waals surface area contributed by atoms with E-state index in [1.807, 2.05) is 13.0 Å². The van der Waals surface area contributed by atoms with E-state index in [0.717, 1.165) is 22.4 Å². The molecule has 1 aromatic heterocycles. The van der Waals surface area contributed by atoms with Gasteiger partial charge in [0.25, 0.3) is 5.56 Å². The molecule has 0 aliphatic rings. The number of ether oxygens (including phenoxy) is 1. The van der Waals surface area contributed by atoms with E-state index in [-0.39, 0.29) is 12.2 Å². The third kappa shape index (κ3) is 5.39. The van der Waals surface area contributed by atoms with Crippen molar-refractivity contribution in [2.24, 2.45) is 0 Å². The summed E-state index contributed by atoms with van der Waals surface area (Å²) in [6.07, 6.45) is -4.55. The number of benzene rings is 2. The molecule has 0 amide bonds. The highest BCUT2D eigenvalue weighted by Crippen LogP contribution is 2.29. The first-order valence-electron chi connectivity index (χ1n) is 9.71. The molecule has 3 rings (SSSR count). The van der Waals surface area contributed by atoms with Crippen LogP contribution in [0, 0.1) is 0 Å². The Morgan fingerprint density at radius 1 is 1.10 bits per heavy atom. The van der Waals surface area contributed by atoms with E-state index < -0.39 is 23.3 Å². The minimum absolute atomic E-state index is 0.114. The Kier molecular flexibility index (Phi) is 6.58. The fraction of sp³-hybridized carbons (Fsp3) is 0.261. The zero-order valence-corrected chi connectivity index (χ0v) is 17.0. The van der Waals surface area contributed by atoms with Crippen molar-refractivity contribution in [3.05, 3.63) is 82.1 Å². The van der Waals surface area contributed by atoms with Crippen LogP contribution in [0.5, 0.6) is 5.75 Å². The number of halogens is 3. The number of aromatic nitrogens is 2. The summed E-state index contributed by atoms with van der Waals surface area (Å²) in [4.78, 5) is 25.0. The van der Waals surface area contributed by atoms with E-state index in [1.165, 1.54) is 18.2 Å². The second-order valence-corrected chi connectivity index (χ2v) is 6.98.